The molecule has 1 aliphatic rings. The summed E-state index contributed by atoms with van der Waals surface area (Å²) in [7, 11) is 3.22. The molecule has 0 radical (unpaired) electrons. The van der Waals surface area contributed by atoms with E-state index >= 15 is 0 Å². The number of nitrogens with zero attached hydrogens (tertiary/aromatic N) is 2. The molecule has 1 fully saturated rings. The molecule has 1 saturated heterocycles. The van der Waals surface area contributed by atoms with E-state index in [1.165, 1.54) is 17.8 Å². The third-order valence-electron chi connectivity index (χ3n) is 5.49. The topological polar surface area (TPSA) is 63.7 Å². The lowest BCUT2D eigenvalue weighted by Gasteiger charge is -2.36. The molecule has 3 atom stereocenters. The van der Waals surface area contributed by atoms with E-state index in [9.17, 15) is 4.79 Å². The predicted octanol–water partition coefficient (Wildman–Crippen LogP) is 4.23. The highest BCUT2D eigenvalue weighted by molar-refractivity contribution is 7.17. The average Bonchev–Trinajstić information content (AvgIpc) is 3.08. The van der Waals surface area contributed by atoms with Crippen molar-refractivity contribution >= 4 is 17.2 Å². The SMILES string of the molecule is COc1ccc(-c2nc(C)c(C(=O)NC(C)CN3CC(C)CC(C)C3)s2)cc1OC. The van der Waals surface area contributed by atoms with E-state index in [0.29, 0.717) is 28.2 Å². The Labute approximate surface area is 183 Å². The second-order valence-corrected chi connectivity index (χ2v) is 9.54. The zero-order valence-electron chi connectivity index (χ0n) is 18.8. The van der Waals surface area contributed by atoms with E-state index in [4.69, 9.17) is 9.47 Å². The molecule has 0 bridgehead atoms. The normalized spacial score (nSPS) is 20.6. The minimum Gasteiger partial charge on any atom is -0.493 e. The van der Waals surface area contributed by atoms with Crippen LogP contribution in [0.5, 0.6) is 11.5 Å². The first-order chi connectivity index (χ1) is 14.3. The lowest BCUT2D eigenvalue weighted by atomic mass is 9.92. The van der Waals surface area contributed by atoms with Gasteiger partial charge >= 0.3 is 0 Å². The molecule has 3 unspecified atom stereocenters. The van der Waals surface area contributed by atoms with Crippen LogP contribution in [-0.2, 0) is 0 Å². The Morgan fingerprint density at radius 1 is 1.23 bits per heavy atom. The molecule has 6 nitrogen and oxygen atoms in total. The first-order valence-corrected chi connectivity index (χ1v) is 11.3. The van der Waals surface area contributed by atoms with Crippen LogP contribution >= 0.6 is 11.3 Å². The second-order valence-electron chi connectivity index (χ2n) is 8.54. The van der Waals surface area contributed by atoms with Crippen molar-refractivity contribution in [3.63, 3.8) is 0 Å². The number of aryl methyl sites for hydroxylation is 1. The second kappa shape index (κ2) is 9.79. The summed E-state index contributed by atoms with van der Waals surface area (Å²) in [6.45, 7) is 11.7. The smallest absolute Gasteiger partial charge is 0.263 e. The monoisotopic (exact) mass is 431 g/mol. The number of rotatable bonds is 7. The number of methoxy groups -OCH3 is 2. The van der Waals surface area contributed by atoms with Gasteiger partial charge in [0.2, 0.25) is 0 Å². The fraction of sp³-hybridized carbons (Fsp3) is 0.565. The van der Waals surface area contributed by atoms with E-state index in [0.717, 1.165) is 35.9 Å². The lowest BCUT2D eigenvalue weighted by molar-refractivity contribution is 0.0908. The van der Waals surface area contributed by atoms with Crippen molar-refractivity contribution in [2.75, 3.05) is 33.9 Å². The van der Waals surface area contributed by atoms with E-state index in [-0.39, 0.29) is 11.9 Å². The summed E-state index contributed by atoms with van der Waals surface area (Å²) in [6, 6.07) is 5.76. The molecule has 1 aliphatic heterocycles. The van der Waals surface area contributed by atoms with Gasteiger partial charge in [0.1, 0.15) is 9.88 Å². The van der Waals surface area contributed by atoms with Gasteiger partial charge in [0.25, 0.3) is 5.91 Å². The van der Waals surface area contributed by atoms with Crippen molar-refractivity contribution in [1.82, 2.24) is 15.2 Å². The molecule has 2 aromatic rings. The number of aromatic nitrogens is 1. The summed E-state index contributed by atoms with van der Waals surface area (Å²) < 4.78 is 10.7. The Hall–Kier alpha value is -2.12. The van der Waals surface area contributed by atoms with Crippen molar-refractivity contribution in [1.29, 1.82) is 0 Å². The van der Waals surface area contributed by atoms with Gasteiger partial charge in [-0.05, 0) is 50.3 Å². The number of hydrogen-bond acceptors (Lipinski definition) is 6. The van der Waals surface area contributed by atoms with E-state index < -0.39 is 0 Å². The lowest BCUT2D eigenvalue weighted by Crippen LogP contribution is -2.46. The molecular weight excluding hydrogens is 398 g/mol. The molecule has 164 valence electrons. The molecule has 2 heterocycles. The van der Waals surface area contributed by atoms with Crippen molar-refractivity contribution in [2.45, 2.75) is 40.2 Å². The van der Waals surface area contributed by atoms with Gasteiger partial charge in [0, 0.05) is 31.2 Å². The molecule has 1 aromatic heterocycles. The number of benzene rings is 1. The molecule has 0 saturated carbocycles. The maximum atomic E-state index is 12.9. The number of carbonyl (C=O) groups is 1. The number of nitrogens with one attached hydrogen (secondary N) is 1. The van der Waals surface area contributed by atoms with Gasteiger partial charge in [-0.1, -0.05) is 13.8 Å². The third kappa shape index (κ3) is 5.32. The van der Waals surface area contributed by atoms with Gasteiger partial charge < -0.3 is 19.7 Å². The Morgan fingerprint density at radius 3 is 2.53 bits per heavy atom. The minimum absolute atomic E-state index is 0.0534. The standard InChI is InChI=1S/C23H33N3O3S/c1-14-9-15(2)12-26(11-14)13-16(3)24-22(27)21-17(4)25-23(30-21)18-7-8-19(28-5)20(10-18)29-6/h7-8,10,14-16H,9,11-13H2,1-6H3,(H,24,27). The first kappa shape index (κ1) is 22.6. The summed E-state index contributed by atoms with van der Waals surface area (Å²) in [6.07, 6.45) is 1.29. The number of piperidine rings is 1. The fourth-order valence-corrected chi connectivity index (χ4v) is 5.33. The largest absolute Gasteiger partial charge is 0.493 e. The highest BCUT2D eigenvalue weighted by atomic mass is 32.1. The van der Waals surface area contributed by atoms with Crippen LogP contribution in [0.15, 0.2) is 18.2 Å². The summed E-state index contributed by atoms with van der Waals surface area (Å²) in [5.41, 5.74) is 1.65. The number of amides is 1. The number of carbonyl (C=O) groups excluding carboxylic acids is 1. The van der Waals surface area contributed by atoms with E-state index in [1.54, 1.807) is 14.2 Å². The van der Waals surface area contributed by atoms with E-state index in [1.807, 2.05) is 25.1 Å². The van der Waals surface area contributed by atoms with Gasteiger partial charge in [0.15, 0.2) is 11.5 Å². The molecule has 1 N–H and O–H groups in total. The zero-order valence-corrected chi connectivity index (χ0v) is 19.6. The number of hydrogen-bond donors (Lipinski definition) is 1. The first-order valence-electron chi connectivity index (χ1n) is 10.5. The Morgan fingerprint density at radius 2 is 1.90 bits per heavy atom. The van der Waals surface area contributed by atoms with Crippen LogP contribution in [0.4, 0.5) is 0 Å². The van der Waals surface area contributed by atoms with Crippen LogP contribution in [0.1, 0.15) is 42.6 Å². The Bertz CT molecular complexity index is 873. The van der Waals surface area contributed by atoms with Crippen LogP contribution in [0.25, 0.3) is 10.6 Å². The predicted molar refractivity (Wildman–Crippen MR) is 122 cm³/mol. The fourth-order valence-electron chi connectivity index (χ4n) is 4.36. The summed E-state index contributed by atoms with van der Waals surface area (Å²) in [5.74, 6) is 2.69. The molecule has 7 heteroatoms. The van der Waals surface area contributed by atoms with Gasteiger partial charge in [-0.3, -0.25) is 4.79 Å². The number of ether oxygens (including phenoxy) is 2. The van der Waals surface area contributed by atoms with Crippen LogP contribution < -0.4 is 14.8 Å². The Kier molecular flexibility index (Phi) is 7.36. The molecule has 0 spiro atoms. The maximum Gasteiger partial charge on any atom is 0.263 e. The maximum absolute atomic E-state index is 12.9. The number of likely N-dealkylation sites (tertiary alicyclic amines) is 1. The highest BCUT2D eigenvalue weighted by Gasteiger charge is 2.24. The highest BCUT2D eigenvalue weighted by Crippen LogP contribution is 2.35. The molecule has 1 aromatic carbocycles. The molecular formula is C23H33N3O3S. The zero-order chi connectivity index (χ0) is 21.8. The van der Waals surface area contributed by atoms with Crippen LogP contribution in [0.3, 0.4) is 0 Å². The van der Waals surface area contributed by atoms with Crippen molar-refractivity contribution < 1.29 is 14.3 Å². The van der Waals surface area contributed by atoms with Gasteiger partial charge in [-0.15, -0.1) is 11.3 Å². The van der Waals surface area contributed by atoms with Gasteiger partial charge in [0.05, 0.1) is 19.9 Å². The Balaban J connectivity index is 1.68. The quantitative estimate of drug-likeness (QED) is 0.711. The summed E-state index contributed by atoms with van der Waals surface area (Å²) in [5, 5.41) is 3.96. The summed E-state index contributed by atoms with van der Waals surface area (Å²) >= 11 is 1.41. The molecule has 1 amide bonds. The average molecular weight is 432 g/mol. The molecule has 0 aliphatic carbocycles. The van der Waals surface area contributed by atoms with Gasteiger partial charge in [-0.25, -0.2) is 4.98 Å². The van der Waals surface area contributed by atoms with Gasteiger partial charge in [-0.2, -0.15) is 0 Å². The minimum atomic E-state index is -0.0534. The van der Waals surface area contributed by atoms with Crippen molar-refractivity contribution in [3.8, 4) is 22.1 Å². The molecule has 3 rings (SSSR count). The van der Waals surface area contributed by atoms with Crippen molar-refractivity contribution in [3.05, 3.63) is 28.8 Å². The van der Waals surface area contributed by atoms with Crippen LogP contribution in [0.2, 0.25) is 0 Å². The van der Waals surface area contributed by atoms with E-state index in [2.05, 4.69) is 36.0 Å². The van der Waals surface area contributed by atoms with Crippen LogP contribution in [0, 0.1) is 18.8 Å². The molecule has 30 heavy (non-hydrogen) atoms. The van der Waals surface area contributed by atoms with Crippen LogP contribution in [-0.4, -0.2) is 55.7 Å². The van der Waals surface area contributed by atoms with Crippen molar-refractivity contribution in [2.24, 2.45) is 11.8 Å². The summed E-state index contributed by atoms with van der Waals surface area (Å²) in [4.78, 5) is 20.7. The number of thiazole rings is 1. The third-order valence-corrected chi connectivity index (χ3v) is 6.69.